The van der Waals surface area contributed by atoms with Gasteiger partial charge in [0.15, 0.2) is 6.61 Å². The molecule has 5 nitrogen and oxygen atoms in total. The van der Waals surface area contributed by atoms with Crippen molar-refractivity contribution in [2.24, 2.45) is 11.3 Å². The van der Waals surface area contributed by atoms with E-state index in [-0.39, 0.29) is 24.9 Å². The maximum absolute atomic E-state index is 11.9. The molecule has 34 heavy (non-hydrogen) atoms. The predicted octanol–water partition coefficient (Wildman–Crippen LogP) is 5.87. The SMILES string of the molecule is CCCCN1CCN(c2cc(OCC(=O)NCC)ccc2C2CCC(C(C)(C)C)CC2)CC1.Cl. The molecule has 6 heteroatoms. The van der Waals surface area contributed by atoms with Crippen LogP contribution in [-0.4, -0.2) is 56.7 Å². The van der Waals surface area contributed by atoms with Crippen LogP contribution in [-0.2, 0) is 4.79 Å². The predicted molar refractivity (Wildman–Crippen MR) is 146 cm³/mol. The minimum Gasteiger partial charge on any atom is -0.484 e. The Labute approximate surface area is 214 Å². The Kier molecular flexibility index (Phi) is 11.5. The molecule has 0 atom stereocenters. The molecule has 3 rings (SSSR count). The Morgan fingerprint density at radius 3 is 2.32 bits per heavy atom. The molecular formula is C28H48ClN3O2. The number of benzene rings is 1. The normalized spacial score (nSPS) is 21.6. The maximum Gasteiger partial charge on any atom is 0.257 e. The van der Waals surface area contributed by atoms with E-state index in [9.17, 15) is 4.79 Å². The summed E-state index contributed by atoms with van der Waals surface area (Å²) < 4.78 is 5.88. The summed E-state index contributed by atoms with van der Waals surface area (Å²) in [6, 6.07) is 6.56. The third kappa shape index (κ3) is 8.05. The molecule has 1 aromatic rings. The number of unbranched alkanes of at least 4 members (excludes halogenated alkanes) is 1. The first-order chi connectivity index (χ1) is 15.8. The summed E-state index contributed by atoms with van der Waals surface area (Å²) in [4.78, 5) is 17.1. The first kappa shape index (κ1) is 28.8. The zero-order valence-corrected chi connectivity index (χ0v) is 23.0. The average molecular weight is 494 g/mol. The third-order valence-corrected chi connectivity index (χ3v) is 7.68. The minimum atomic E-state index is -0.0619. The monoisotopic (exact) mass is 493 g/mol. The third-order valence-electron chi connectivity index (χ3n) is 7.68. The number of amides is 1. The van der Waals surface area contributed by atoms with Gasteiger partial charge in [-0.05, 0) is 74.5 Å². The van der Waals surface area contributed by atoms with Crippen molar-refractivity contribution < 1.29 is 9.53 Å². The summed E-state index contributed by atoms with van der Waals surface area (Å²) >= 11 is 0. The molecule has 1 aliphatic carbocycles. The van der Waals surface area contributed by atoms with Gasteiger partial charge >= 0.3 is 0 Å². The molecule has 0 radical (unpaired) electrons. The van der Waals surface area contributed by atoms with Crippen molar-refractivity contribution in [1.82, 2.24) is 10.2 Å². The molecule has 1 saturated heterocycles. The number of rotatable bonds is 9. The van der Waals surface area contributed by atoms with E-state index in [1.54, 1.807) is 0 Å². The van der Waals surface area contributed by atoms with Gasteiger partial charge in [0.05, 0.1) is 0 Å². The molecule has 1 saturated carbocycles. The van der Waals surface area contributed by atoms with Gasteiger partial charge in [-0.25, -0.2) is 0 Å². The van der Waals surface area contributed by atoms with Crippen molar-refractivity contribution >= 4 is 24.0 Å². The van der Waals surface area contributed by atoms with Crippen molar-refractivity contribution in [3.8, 4) is 5.75 Å². The molecular weight excluding hydrogens is 446 g/mol. The lowest BCUT2D eigenvalue weighted by molar-refractivity contribution is -0.122. The topological polar surface area (TPSA) is 44.8 Å². The van der Waals surface area contributed by atoms with Crippen LogP contribution in [0.5, 0.6) is 5.75 Å². The minimum absolute atomic E-state index is 0. The Morgan fingerprint density at radius 2 is 1.74 bits per heavy atom. The van der Waals surface area contributed by atoms with Gasteiger partial charge in [0.1, 0.15) is 5.75 Å². The van der Waals surface area contributed by atoms with Crippen LogP contribution in [0.3, 0.4) is 0 Å². The first-order valence-corrected chi connectivity index (χ1v) is 13.3. The van der Waals surface area contributed by atoms with E-state index >= 15 is 0 Å². The van der Waals surface area contributed by atoms with Crippen molar-refractivity contribution in [2.75, 3.05) is 50.8 Å². The lowest BCUT2D eigenvalue weighted by Gasteiger charge is -2.40. The van der Waals surface area contributed by atoms with Crippen LogP contribution >= 0.6 is 12.4 Å². The fourth-order valence-corrected chi connectivity index (χ4v) is 5.49. The Hall–Kier alpha value is -1.46. The zero-order chi connectivity index (χ0) is 23.8. The number of carbonyl (C=O) groups excluding carboxylic acids is 1. The standard InChI is InChI=1S/C28H47N3O2.ClH/c1-6-8-15-30-16-18-31(19-17-30)26-20-24(33-21-27(32)29-7-2)13-14-25(26)22-9-11-23(12-10-22)28(3,4)5;/h13-14,20,22-23H,6-12,15-19,21H2,1-5H3,(H,29,32);1H. The summed E-state index contributed by atoms with van der Waals surface area (Å²) in [5.74, 6) is 2.18. The van der Waals surface area contributed by atoms with E-state index in [0.29, 0.717) is 17.9 Å². The molecule has 0 spiro atoms. The lowest BCUT2D eigenvalue weighted by atomic mass is 9.68. The Morgan fingerprint density at radius 1 is 1.06 bits per heavy atom. The summed E-state index contributed by atoms with van der Waals surface area (Å²) in [5, 5.41) is 2.81. The van der Waals surface area contributed by atoms with Crippen LogP contribution < -0.4 is 15.0 Å². The number of carbonyl (C=O) groups is 1. The number of piperazine rings is 1. The molecule has 0 aromatic heterocycles. The van der Waals surface area contributed by atoms with Crippen molar-refractivity contribution in [3.05, 3.63) is 23.8 Å². The van der Waals surface area contributed by atoms with Crippen molar-refractivity contribution in [2.45, 2.75) is 79.1 Å². The van der Waals surface area contributed by atoms with E-state index in [2.05, 4.69) is 61.0 Å². The number of nitrogens with one attached hydrogen (secondary N) is 1. The van der Waals surface area contributed by atoms with Crippen molar-refractivity contribution in [3.63, 3.8) is 0 Å². The zero-order valence-electron chi connectivity index (χ0n) is 22.2. The molecule has 2 fully saturated rings. The summed E-state index contributed by atoms with van der Waals surface area (Å²) in [5.41, 5.74) is 3.21. The highest BCUT2D eigenvalue weighted by atomic mass is 35.5. The number of ether oxygens (including phenoxy) is 1. The van der Waals surface area contributed by atoms with E-state index < -0.39 is 0 Å². The van der Waals surface area contributed by atoms with Crippen LogP contribution in [0.2, 0.25) is 0 Å². The summed E-state index contributed by atoms with van der Waals surface area (Å²) in [6.07, 6.45) is 7.70. The highest BCUT2D eigenvalue weighted by Crippen LogP contribution is 2.45. The molecule has 2 aliphatic rings. The number of nitrogens with zero attached hydrogens (tertiary/aromatic N) is 2. The van der Waals surface area contributed by atoms with Gasteiger partial charge < -0.3 is 15.0 Å². The van der Waals surface area contributed by atoms with Gasteiger partial charge in [0, 0.05) is 44.5 Å². The molecule has 194 valence electrons. The second-order valence-corrected chi connectivity index (χ2v) is 11.1. The molecule has 1 N–H and O–H groups in total. The molecule has 1 amide bonds. The van der Waals surface area contributed by atoms with E-state index in [0.717, 1.165) is 37.8 Å². The molecule has 0 bridgehead atoms. The molecule has 0 unspecified atom stereocenters. The Balaban J connectivity index is 0.00000408. The number of hydrogen-bond acceptors (Lipinski definition) is 4. The van der Waals surface area contributed by atoms with Crippen LogP contribution in [0.4, 0.5) is 5.69 Å². The van der Waals surface area contributed by atoms with Gasteiger partial charge in [-0.15, -0.1) is 12.4 Å². The number of halogens is 1. The van der Waals surface area contributed by atoms with Crippen LogP contribution in [0, 0.1) is 11.3 Å². The summed E-state index contributed by atoms with van der Waals surface area (Å²) in [7, 11) is 0. The maximum atomic E-state index is 11.9. The first-order valence-electron chi connectivity index (χ1n) is 13.3. The number of likely N-dealkylation sites (N-methyl/N-ethyl adjacent to an activating group) is 1. The van der Waals surface area contributed by atoms with E-state index in [4.69, 9.17) is 4.74 Å². The second kappa shape index (κ2) is 13.6. The van der Waals surface area contributed by atoms with Gasteiger partial charge in [-0.2, -0.15) is 0 Å². The second-order valence-electron chi connectivity index (χ2n) is 11.1. The highest BCUT2D eigenvalue weighted by Gasteiger charge is 2.32. The van der Waals surface area contributed by atoms with Crippen LogP contribution in [0.15, 0.2) is 18.2 Å². The van der Waals surface area contributed by atoms with E-state index in [1.807, 2.05) is 6.92 Å². The van der Waals surface area contributed by atoms with Crippen LogP contribution in [0.1, 0.15) is 84.6 Å². The number of hydrogen-bond donors (Lipinski definition) is 1. The van der Waals surface area contributed by atoms with E-state index in [1.165, 1.54) is 56.3 Å². The molecule has 1 aromatic carbocycles. The fraction of sp³-hybridized carbons (Fsp3) is 0.750. The van der Waals surface area contributed by atoms with Gasteiger partial charge in [0.2, 0.25) is 0 Å². The smallest absolute Gasteiger partial charge is 0.257 e. The van der Waals surface area contributed by atoms with Gasteiger partial charge in [0.25, 0.3) is 5.91 Å². The molecule has 1 aliphatic heterocycles. The highest BCUT2D eigenvalue weighted by molar-refractivity contribution is 5.85. The average Bonchev–Trinajstić information content (AvgIpc) is 2.81. The van der Waals surface area contributed by atoms with Gasteiger partial charge in [-0.1, -0.05) is 40.2 Å². The quantitative estimate of drug-likeness (QED) is 0.467. The molecule has 1 heterocycles. The fourth-order valence-electron chi connectivity index (χ4n) is 5.49. The Bertz CT molecular complexity index is 749. The summed E-state index contributed by atoms with van der Waals surface area (Å²) in [6.45, 7) is 17.7. The number of anilines is 1. The lowest BCUT2D eigenvalue weighted by Crippen LogP contribution is -2.47. The van der Waals surface area contributed by atoms with Crippen molar-refractivity contribution in [1.29, 1.82) is 0 Å². The largest absolute Gasteiger partial charge is 0.484 e. The van der Waals surface area contributed by atoms with Gasteiger partial charge in [-0.3, -0.25) is 9.69 Å². The van der Waals surface area contributed by atoms with Crippen LogP contribution in [0.25, 0.3) is 0 Å².